The van der Waals surface area contributed by atoms with E-state index in [1.54, 1.807) is 18.2 Å². The van der Waals surface area contributed by atoms with Crippen LogP contribution in [-0.4, -0.2) is 30.6 Å². The predicted octanol–water partition coefficient (Wildman–Crippen LogP) is 1.48. The summed E-state index contributed by atoms with van der Waals surface area (Å²) in [6.07, 6.45) is 0.0184. The molecule has 98 valence electrons. The van der Waals surface area contributed by atoms with E-state index < -0.39 is 5.97 Å². The van der Waals surface area contributed by atoms with Crippen LogP contribution in [0.5, 0.6) is 5.75 Å². The molecule has 6 heteroatoms. The van der Waals surface area contributed by atoms with Crippen molar-refractivity contribution in [3.63, 3.8) is 0 Å². The van der Waals surface area contributed by atoms with Gasteiger partial charge in [0.05, 0.1) is 20.0 Å². The first-order chi connectivity index (χ1) is 8.52. The molecule has 0 aromatic heterocycles. The van der Waals surface area contributed by atoms with Gasteiger partial charge in [-0.25, -0.2) is 0 Å². The molecular formula is C12H14ClNO4. The maximum Gasteiger partial charge on any atom is 0.305 e. The number of ether oxygens (including phenoxy) is 1. The zero-order valence-corrected chi connectivity index (χ0v) is 10.7. The van der Waals surface area contributed by atoms with E-state index in [4.69, 9.17) is 21.4 Å². The number of carbonyl (C=O) groups is 2. The van der Waals surface area contributed by atoms with Crippen LogP contribution in [-0.2, 0) is 16.0 Å². The highest BCUT2D eigenvalue weighted by Crippen LogP contribution is 2.22. The number of rotatable bonds is 6. The van der Waals surface area contributed by atoms with Gasteiger partial charge in [0.2, 0.25) is 5.91 Å². The Balaban J connectivity index is 2.51. The van der Waals surface area contributed by atoms with Crippen molar-refractivity contribution in [2.45, 2.75) is 12.8 Å². The third-order valence-electron chi connectivity index (χ3n) is 2.27. The number of hydrogen-bond donors (Lipinski definition) is 2. The molecule has 0 aliphatic rings. The Morgan fingerprint density at radius 1 is 1.44 bits per heavy atom. The predicted molar refractivity (Wildman–Crippen MR) is 67.0 cm³/mol. The van der Waals surface area contributed by atoms with Crippen LogP contribution in [0, 0.1) is 0 Å². The highest BCUT2D eigenvalue weighted by Gasteiger charge is 2.08. The topological polar surface area (TPSA) is 75.6 Å². The van der Waals surface area contributed by atoms with Gasteiger partial charge in [0.1, 0.15) is 5.75 Å². The van der Waals surface area contributed by atoms with Crippen LogP contribution in [0.3, 0.4) is 0 Å². The van der Waals surface area contributed by atoms with Crippen molar-refractivity contribution in [3.05, 3.63) is 28.8 Å². The number of halogens is 1. The molecule has 1 aromatic rings. The molecule has 0 atom stereocenters. The van der Waals surface area contributed by atoms with Gasteiger partial charge in [-0.05, 0) is 17.7 Å². The largest absolute Gasteiger partial charge is 0.497 e. The van der Waals surface area contributed by atoms with Gasteiger partial charge in [0.15, 0.2) is 0 Å². The summed E-state index contributed by atoms with van der Waals surface area (Å²) >= 11 is 5.98. The first-order valence-electron chi connectivity index (χ1n) is 5.34. The highest BCUT2D eigenvalue weighted by atomic mass is 35.5. The SMILES string of the molecule is COc1ccc(CC(=O)NCCC(=O)O)c(Cl)c1. The van der Waals surface area contributed by atoms with E-state index in [0.29, 0.717) is 16.3 Å². The van der Waals surface area contributed by atoms with Gasteiger partial charge in [0.25, 0.3) is 0 Å². The molecule has 1 amide bonds. The van der Waals surface area contributed by atoms with E-state index >= 15 is 0 Å². The second kappa shape index (κ2) is 6.86. The van der Waals surface area contributed by atoms with Crippen molar-refractivity contribution in [1.82, 2.24) is 5.32 Å². The summed E-state index contributed by atoms with van der Waals surface area (Å²) in [7, 11) is 1.53. The fourth-order valence-corrected chi connectivity index (χ4v) is 1.58. The summed E-state index contributed by atoms with van der Waals surface area (Å²) in [5.74, 6) is -0.587. The van der Waals surface area contributed by atoms with Gasteiger partial charge < -0.3 is 15.2 Å². The summed E-state index contributed by atoms with van der Waals surface area (Å²) in [5.41, 5.74) is 0.672. The third-order valence-corrected chi connectivity index (χ3v) is 2.62. The Labute approximate surface area is 110 Å². The van der Waals surface area contributed by atoms with Gasteiger partial charge in [-0.1, -0.05) is 17.7 Å². The quantitative estimate of drug-likeness (QED) is 0.822. The molecule has 0 radical (unpaired) electrons. The van der Waals surface area contributed by atoms with E-state index in [1.807, 2.05) is 0 Å². The molecule has 0 spiro atoms. The molecule has 0 fully saturated rings. The van der Waals surface area contributed by atoms with E-state index in [0.717, 1.165) is 0 Å². The third kappa shape index (κ3) is 4.63. The van der Waals surface area contributed by atoms with E-state index in [9.17, 15) is 9.59 Å². The minimum atomic E-state index is -0.947. The summed E-state index contributed by atoms with van der Waals surface area (Å²) in [6, 6.07) is 5.05. The summed E-state index contributed by atoms with van der Waals surface area (Å²) in [4.78, 5) is 21.8. The van der Waals surface area contributed by atoms with Crippen molar-refractivity contribution >= 4 is 23.5 Å². The Bertz CT molecular complexity index is 448. The average molecular weight is 272 g/mol. The van der Waals surface area contributed by atoms with Crippen LogP contribution in [0.15, 0.2) is 18.2 Å². The number of carbonyl (C=O) groups excluding carboxylic acids is 1. The molecule has 2 N–H and O–H groups in total. The minimum Gasteiger partial charge on any atom is -0.497 e. The molecular weight excluding hydrogens is 258 g/mol. The van der Waals surface area contributed by atoms with Gasteiger partial charge in [0, 0.05) is 11.6 Å². The maximum absolute atomic E-state index is 11.5. The lowest BCUT2D eigenvalue weighted by Crippen LogP contribution is -2.27. The van der Waals surface area contributed by atoms with Gasteiger partial charge in [-0.2, -0.15) is 0 Å². The van der Waals surface area contributed by atoms with Crippen molar-refractivity contribution < 1.29 is 19.4 Å². The van der Waals surface area contributed by atoms with Crippen molar-refractivity contribution in [1.29, 1.82) is 0 Å². The van der Waals surface area contributed by atoms with E-state index in [1.165, 1.54) is 7.11 Å². The van der Waals surface area contributed by atoms with Crippen molar-refractivity contribution in [3.8, 4) is 5.75 Å². The monoisotopic (exact) mass is 271 g/mol. The number of nitrogens with one attached hydrogen (secondary N) is 1. The first-order valence-corrected chi connectivity index (χ1v) is 5.71. The Kier molecular flexibility index (Phi) is 5.45. The molecule has 5 nitrogen and oxygen atoms in total. The van der Waals surface area contributed by atoms with Crippen LogP contribution in [0.2, 0.25) is 5.02 Å². The lowest BCUT2D eigenvalue weighted by molar-refractivity contribution is -0.136. The molecule has 0 heterocycles. The molecule has 0 saturated heterocycles. The molecule has 1 aromatic carbocycles. The summed E-state index contributed by atoms with van der Waals surface area (Å²) in [6.45, 7) is 0.113. The molecule has 0 aliphatic heterocycles. The zero-order chi connectivity index (χ0) is 13.5. The summed E-state index contributed by atoms with van der Waals surface area (Å²) in [5, 5.41) is 11.4. The number of carboxylic acids is 1. The van der Waals surface area contributed by atoms with Crippen molar-refractivity contribution in [2.75, 3.05) is 13.7 Å². The maximum atomic E-state index is 11.5. The molecule has 0 bridgehead atoms. The number of benzene rings is 1. The van der Waals surface area contributed by atoms with E-state index in [-0.39, 0.29) is 25.3 Å². The second-order valence-electron chi connectivity index (χ2n) is 3.63. The van der Waals surface area contributed by atoms with Gasteiger partial charge in [-0.3, -0.25) is 9.59 Å². The number of aliphatic carboxylic acids is 1. The van der Waals surface area contributed by atoms with Crippen LogP contribution < -0.4 is 10.1 Å². The smallest absolute Gasteiger partial charge is 0.305 e. The number of carboxylic acid groups (broad SMARTS) is 1. The van der Waals surface area contributed by atoms with Crippen molar-refractivity contribution in [2.24, 2.45) is 0 Å². The fraction of sp³-hybridized carbons (Fsp3) is 0.333. The normalized spacial score (nSPS) is 9.89. The highest BCUT2D eigenvalue weighted by molar-refractivity contribution is 6.31. The Morgan fingerprint density at radius 2 is 2.17 bits per heavy atom. The molecule has 0 aliphatic carbocycles. The fourth-order valence-electron chi connectivity index (χ4n) is 1.34. The van der Waals surface area contributed by atoms with Crippen LogP contribution >= 0.6 is 11.6 Å². The van der Waals surface area contributed by atoms with Crippen LogP contribution in [0.1, 0.15) is 12.0 Å². The lowest BCUT2D eigenvalue weighted by Gasteiger charge is -2.07. The molecule has 1 rings (SSSR count). The number of amides is 1. The Hall–Kier alpha value is -1.75. The molecule has 0 unspecified atom stereocenters. The zero-order valence-electron chi connectivity index (χ0n) is 9.90. The average Bonchev–Trinajstić information content (AvgIpc) is 2.31. The minimum absolute atomic E-state index is 0.0952. The number of methoxy groups -OCH3 is 1. The van der Waals surface area contributed by atoms with Gasteiger partial charge in [-0.15, -0.1) is 0 Å². The Morgan fingerprint density at radius 3 is 2.72 bits per heavy atom. The van der Waals surface area contributed by atoms with Gasteiger partial charge >= 0.3 is 5.97 Å². The van der Waals surface area contributed by atoms with Crippen LogP contribution in [0.4, 0.5) is 0 Å². The first kappa shape index (κ1) is 14.3. The molecule has 0 saturated carbocycles. The lowest BCUT2D eigenvalue weighted by atomic mass is 10.1. The second-order valence-corrected chi connectivity index (χ2v) is 4.04. The molecule has 18 heavy (non-hydrogen) atoms. The van der Waals surface area contributed by atoms with Crippen LogP contribution in [0.25, 0.3) is 0 Å². The standard InChI is InChI=1S/C12H14ClNO4/c1-18-9-3-2-8(10(13)7-9)6-11(15)14-5-4-12(16)17/h2-3,7H,4-6H2,1H3,(H,14,15)(H,16,17). The number of hydrogen-bond acceptors (Lipinski definition) is 3. The van der Waals surface area contributed by atoms with E-state index in [2.05, 4.69) is 5.32 Å². The summed E-state index contributed by atoms with van der Waals surface area (Å²) < 4.78 is 5.00.